The molecule has 3 aromatic rings. The lowest BCUT2D eigenvalue weighted by atomic mass is 10.1. The number of hydrogen-bond acceptors (Lipinski definition) is 8. The van der Waals surface area contributed by atoms with Crippen molar-refractivity contribution in [3.8, 4) is 11.5 Å². The van der Waals surface area contributed by atoms with E-state index in [9.17, 15) is 25.0 Å². The van der Waals surface area contributed by atoms with Gasteiger partial charge in [-0.15, -0.1) is 0 Å². The standard InChI is InChI=1S/C22H18N4O7/c1-32-20-9-5-8-16(21(20)33-14-15-6-3-2-4-7-15)13-23-24-22(27)17-10-18(25(28)29)12-19(11-17)26(30)31/h2-13H,14H2,1H3,(H,24,27)/b23-13-. The van der Waals surface area contributed by atoms with E-state index in [2.05, 4.69) is 10.5 Å². The second-order valence-corrected chi connectivity index (χ2v) is 6.60. The highest BCUT2D eigenvalue weighted by Gasteiger charge is 2.19. The highest BCUT2D eigenvalue weighted by atomic mass is 16.6. The normalized spacial score (nSPS) is 10.6. The summed E-state index contributed by atoms with van der Waals surface area (Å²) in [6.45, 7) is 0.270. The Hall–Kier alpha value is -4.80. The number of ether oxygens (including phenoxy) is 2. The van der Waals surface area contributed by atoms with Crippen molar-refractivity contribution in [1.29, 1.82) is 0 Å². The van der Waals surface area contributed by atoms with Crippen LogP contribution in [0.2, 0.25) is 0 Å². The predicted molar refractivity (Wildman–Crippen MR) is 119 cm³/mol. The molecule has 1 amide bonds. The van der Waals surface area contributed by atoms with Gasteiger partial charge >= 0.3 is 0 Å². The molecule has 0 spiro atoms. The Morgan fingerprint density at radius 1 is 1.00 bits per heavy atom. The molecule has 1 N–H and O–H groups in total. The van der Waals surface area contributed by atoms with E-state index in [4.69, 9.17) is 9.47 Å². The van der Waals surface area contributed by atoms with E-state index < -0.39 is 27.1 Å². The molecule has 0 aromatic heterocycles. The summed E-state index contributed by atoms with van der Waals surface area (Å²) >= 11 is 0. The van der Waals surface area contributed by atoms with Crippen molar-refractivity contribution in [2.45, 2.75) is 6.61 Å². The molecule has 168 valence electrons. The van der Waals surface area contributed by atoms with Crippen molar-refractivity contribution in [2.24, 2.45) is 5.10 Å². The van der Waals surface area contributed by atoms with Crippen molar-refractivity contribution in [1.82, 2.24) is 5.43 Å². The van der Waals surface area contributed by atoms with Crippen molar-refractivity contribution >= 4 is 23.5 Å². The van der Waals surface area contributed by atoms with E-state index >= 15 is 0 Å². The fourth-order valence-electron chi connectivity index (χ4n) is 2.84. The maximum atomic E-state index is 12.4. The zero-order chi connectivity index (χ0) is 23.8. The Morgan fingerprint density at radius 3 is 2.27 bits per heavy atom. The molecule has 0 radical (unpaired) electrons. The van der Waals surface area contributed by atoms with Gasteiger partial charge in [0.05, 0.1) is 34.8 Å². The number of benzene rings is 3. The number of hydrogen-bond donors (Lipinski definition) is 1. The lowest BCUT2D eigenvalue weighted by molar-refractivity contribution is -0.394. The number of methoxy groups -OCH3 is 1. The van der Waals surface area contributed by atoms with Crippen LogP contribution >= 0.6 is 0 Å². The Morgan fingerprint density at radius 2 is 1.67 bits per heavy atom. The number of rotatable bonds is 9. The first-order chi connectivity index (χ1) is 15.9. The van der Waals surface area contributed by atoms with Crippen LogP contribution in [0.4, 0.5) is 11.4 Å². The first-order valence-corrected chi connectivity index (χ1v) is 9.50. The average Bonchev–Trinajstić information content (AvgIpc) is 2.83. The molecule has 0 aliphatic rings. The molecule has 33 heavy (non-hydrogen) atoms. The largest absolute Gasteiger partial charge is 0.493 e. The molecule has 3 rings (SSSR count). The number of nitro groups is 2. The second-order valence-electron chi connectivity index (χ2n) is 6.60. The number of nitro benzene ring substituents is 2. The van der Waals surface area contributed by atoms with Gasteiger partial charge in [-0.25, -0.2) is 5.43 Å². The molecule has 0 aliphatic carbocycles. The highest BCUT2D eigenvalue weighted by Crippen LogP contribution is 2.31. The van der Waals surface area contributed by atoms with E-state index in [0.717, 1.165) is 23.8 Å². The maximum absolute atomic E-state index is 12.4. The first kappa shape index (κ1) is 22.9. The van der Waals surface area contributed by atoms with Crippen LogP contribution in [0.25, 0.3) is 0 Å². The molecule has 0 atom stereocenters. The number of carbonyl (C=O) groups excluding carboxylic acids is 1. The third kappa shape index (κ3) is 5.88. The van der Waals surface area contributed by atoms with Gasteiger partial charge < -0.3 is 9.47 Å². The molecule has 0 aliphatic heterocycles. The monoisotopic (exact) mass is 450 g/mol. The molecule has 0 unspecified atom stereocenters. The van der Waals surface area contributed by atoms with Gasteiger partial charge in [0.2, 0.25) is 0 Å². The summed E-state index contributed by atoms with van der Waals surface area (Å²) in [6, 6.07) is 17.2. The topological polar surface area (TPSA) is 146 Å². The summed E-state index contributed by atoms with van der Waals surface area (Å²) in [5.41, 5.74) is 2.20. The summed E-state index contributed by atoms with van der Waals surface area (Å²) in [4.78, 5) is 32.8. The van der Waals surface area contributed by atoms with Gasteiger partial charge in [0.15, 0.2) is 11.5 Å². The molecule has 3 aromatic carbocycles. The van der Waals surface area contributed by atoms with Gasteiger partial charge in [0, 0.05) is 17.7 Å². The van der Waals surface area contributed by atoms with Crippen molar-refractivity contribution in [3.05, 3.63) is 104 Å². The summed E-state index contributed by atoms with van der Waals surface area (Å²) in [6.07, 6.45) is 1.31. The quantitative estimate of drug-likeness (QED) is 0.296. The Labute approximate surface area is 187 Å². The maximum Gasteiger partial charge on any atom is 0.277 e. The fourth-order valence-corrected chi connectivity index (χ4v) is 2.84. The van der Waals surface area contributed by atoms with Crippen LogP contribution in [0.15, 0.2) is 71.8 Å². The summed E-state index contributed by atoms with van der Waals surface area (Å²) in [7, 11) is 1.49. The summed E-state index contributed by atoms with van der Waals surface area (Å²) in [5.74, 6) is -0.00365. The summed E-state index contributed by atoms with van der Waals surface area (Å²) in [5, 5.41) is 25.9. The van der Waals surface area contributed by atoms with E-state index in [-0.39, 0.29) is 12.2 Å². The molecule has 0 fully saturated rings. The zero-order valence-corrected chi connectivity index (χ0v) is 17.3. The Bertz CT molecular complexity index is 1180. The minimum Gasteiger partial charge on any atom is -0.493 e. The van der Waals surface area contributed by atoms with E-state index in [0.29, 0.717) is 17.1 Å². The smallest absolute Gasteiger partial charge is 0.277 e. The number of hydrazone groups is 1. The van der Waals surface area contributed by atoms with E-state index in [1.54, 1.807) is 18.2 Å². The Kier molecular flexibility index (Phi) is 7.27. The lowest BCUT2D eigenvalue weighted by Gasteiger charge is -2.13. The predicted octanol–water partition coefficient (Wildman–Crippen LogP) is 3.85. The van der Waals surface area contributed by atoms with Crippen molar-refractivity contribution in [3.63, 3.8) is 0 Å². The number of nitrogens with zero attached hydrogens (tertiary/aromatic N) is 3. The lowest BCUT2D eigenvalue weighted by Crippen LogP contribution is -2.18. The third-order valence-corrected chi connectivity index (χ3v) is 4.41. The van der Waals surface area contributed by atoms with Gasteiger partial charge in [-0.1, -0.05) is 36.4 Å². The SMILES string of the molecule is COc1cccc(/C=N\NC(=O)c2cc([N+](=O)[O-])cc([N+](=O)[O-])c2)c1OCc1ccccc1. The molecule has 0 heterocycles. The third-order valence-electron chi connectivity index (χ3n) is 4.41. The highest BCUT2D eigenvalue weighted by molar-refractivity contribution is 5.96. The van der Waals surface area contributed by atoms with Crippen LogP contribution in [-0.2, 0) is 6.61 Å². The van der Waals surface area contributed by atoms with Gasteiger partial charge in [-0.2, -0.15) is 5.10 Å². The average molecular weight is 450 g/mol. The van der Waals surface area contributed by atoms with Crippen LogP contribution in [0.5, 0.6) is 11.5 Å². The van der Waals surface area contributed by atoms with Crippen LogP contribution in [0, 0.1) is 20.2 Å². The van der Waals surface area contributed by atoms with E-state index in [1.165, 1.54) is 13.3 Å². The molecular formula is C22H18N4O7. The van der Waals surface area contributed by atoms with Gasteiger partial charge in [0.1, 0.15) is 6.61 Å². The summed E-state index contributed by atoms with van der Waals surface area (Å²) < 4.78 is 11.2. The minimum absolute atomic E-state index is 0.270. The first-order valence-electron chi connectivity index (χ1n) is 9.50. The molecule has 0 saturated heterocycles. The molecule has 0 bridgehead atoms. The molecule has 11 heteroatoms. The van der Waals surface area contributed by atoms with Gasteiger partial charge in [-0.05, 0) is 17.7 Å². The number of nitrogens with one attached hydrogen (secondary N) is 1. The van der Waals surface area contributed by atoms with Gasteiger partial charge in [-0.3, -0.25) is 25.0 Å². The van der Waals surface area contributed by atoms with Crippen LogP contribution < -0.4 is 14.9 Å². The van der Waals surface area contributed by atoms with Crippen LogP contribution in [0.1, 0.15) is 21.5 Å². The van der Waals surface area contributed by atoms with Crippen molar-refractivity contribution < 1.29 is 24.1 Å². The second kappa shape index (κ2) is 10.5. The number of non-ortho nitro benzene ring substituents is 2. The number of para-hydroxylation sites is 1. The van der Waals surface area contributed by atoms with E-state index in [1.807, 2.05) is 30.3 Å². The minimum atomic E-state index is -0.854. The van der Waals surface area contributed by atoms with Gasteiger partial charge in [0.25, 0.3) is 17.3 Å². The number of carbonyl (C=O) groups is 1. The van der Waals surface area contributed by atoms with Crippen LogP contribution in [0.3, 0.4) is 0 Å². The van der Waals surface area contributed by atoms with Crippen molar-refractivity contribution in [2.75, 3.05) is 7.11 Å². The number of amides is 1. The zero-order valence-electron chi connectivity index (χ0n) is 17.3. The van der Waals surface area contributed by atoms with Crippen LogP contribution in [-0.4, -0.2) is 29.1 Å². The Balaban J connectivity index is 1.79. The molecular weight excluding hydrogens is 432 g/mol. The molecule has 11 nitrogen and oxygen atoms in total. The molecule has 0 saturated carbocycles. The fraction of sp³-hybridized carbons (Fsp3) is 0.0909.